The number of rotatable bonds is 0. The molecule has 0 saturated heterocycles. The number of carbonyl (C=O) groups excluding carboxylic acids is 1. The highest BCUT2D eigenvalue weighted by Gasteiger charge is 2.39. The van der Waals surface area contributed by atoms with Crippen LogP contribution in [0.25, 0.3) is 0 Å². The Hall–Kier alpha value is -4.20. The molecule has 0 saturated carbocycles. The van der Waals surface area contributed by atoms with Crippen LogP contribution < -0.4 is 19.9 Å². The van der Waals surface area contributed by atoms with Crippen molar-refractivity contribution in [1.82, 2.24) is 9.58 Å². The van der Waals surface area contributed by atoms with E-state index in [0.717, 1.165) is 28.2 Å². The van der Waals surface area contributed by atoms with Crippen molar-refractivity contribution in [2.24, 2.45) is 0 Å². The Labute approximate surface area is 189 Å². The van der Waals surface area contributed by atoms with Gasteiger partial charge in [0, 0.05) is 29.9 Å². The number of ether oxygens (including phenoxy) is 2. The van der Waals surface area contributed by atoms with Crippen LogP contribution in [0.4, 0.5) is 0 Å². The molecule has 4 heterocycles. The number of carbonyl (C=O) groups is 1. The molecule has 0 radical (unpaired) electrons. The second-order valence-corrected chi connectivity index (χ2v) is 8.17. The summed E-state index contributed by atoms with van der Waals surface area (Å²) in [5.41, 5.74) is 2.15. The topological polar surface area (TPSA) is 84.2 Å². The first-order chi connectivity index (χ1) is 16.1. The first-order valence-electron chi connectivity index (χ1n) is 10.8. The van der Waals surface area contributed by atoms with Crippen LogP contribution in [0.15, 0.2) is 71.7 Å². The summed E-state index contributed by atoms with van der Waals surface area (Å²) in [7, 11) is 0. The lowest BCUT2D eigenvalue weighted by molar-refractivity contribution is 0.0701. The highest BCUT2D eigenvalue weighted by atomic mass is 16.5. The molecule has 8 heteroatoms. The normalized spacial score (nSPS) is 19.6. The molecule has 1 atom stereocenters. The standard InChI is InChI=1S/C25H21N3O5/c29-18-10-12-27-23(24(18)30)25(31)26-11-3-4-13-32-20-9-5-6-16-14-33-19-8-2-1-7-17(19)22(21(16)20)28(27)15-26/h1-10,12,22,30H,11,13-15H2/b4-3-/t22-/m0/s1. The smallest absolute Gasteiger partial charge is 0.278 e. The van der Waals surface area contributed by atoms with Gasteiger partial charge in [-0.05, 0) is 23.8 Å². The van der Waals surface area contributed by atoms with Gasteiger partial charge in [0.25, 0.3) is 5.91 Å². The number of hydrogen-bond donors (Lipinski definition) is 1. The Balaban J connectivity index is 1.68. The molecule has 3 aromatic rings. The van der Waals surface area contributed by atoms with Gasteiger partial charge in [0.15, 0.2) is 11.4 Å². The lowest BCUT2D eigenvalue weighted by Gasteiger charge is -2.43. The number of hydrogen-bond acceptors (Lipinski definition) is 6. The average molecular weight is 443 g/mol. The molecule has 6 rings (SSSR count). The van der Waals surface area contributed by atoms with E-state index in [-0.39, 0.29) is 12.4 Å². The van der Waals surface area contributed by atoms with E-state index in [4.69, 9.17) is 9.47 Å². The second kappa shape index (κ2) is 7.44. The number of aromatic nitrogens is 1. The van der Waals surface area contributed by atoms with Crippen LogP contribution >= 0.6 is 0 Å². The zero-order chi connectivity index (χ0) is 22.5. The highest BCUT2D eigenvalue weighted by molar-refractivity contribution is 5.96. The second-order valence-electron chi connectivity index (χ2n) is 8.17. The van der Waals surface area contributed by atoms with Gasteiger partial charge in [-0.1, -0.05) is 36.4 Å². The molecule has 0 spiro atoms. The summed E-state index contributed by atoms with van der Waals surface area (Å²) in [4.78, 5) is 27.1. The van der Waals surface area contributed by atoms with E-state index >= 15 is 0 Å². The van der Waals surface area contributed by atoms with Crippen molar-refractivity contribution in [3.63, 3.8) is 0 Å². The van der Waals surface area contributed by atoms with Crippen molar-refractivity contribution >= 4 is 5.91 Å². The zero-order valence-electron chi connectivity index (χ0n) is 17.7. The minimum atomic E-state index is -0.592. The van der Waals surface area contributed by atoms with Gasteiger partial charge in [-0.25, -0.2) is 0 Å². The van der Waals surface area contributed by atoms with Gasteiger partial charge in [-0.15, -0.1) is 0 Å². The Bertz CT molecular complexity index is 1360. The third-order valence-electron chi connectivity index (χ3n) is 6.29. The van der Waals surface area contributed by atoms with E-state index in [2.05, 4.69) is 0 Å². The molecule has 0 unspecified atom stereocenters. The van der Waals surface area contributed by atoms with Crippen LogP contribution in [0.2, 0.25) is 0 Å². The van der Waals surface area contributed by atoms with Crippen LogP contribution in [0.3, 0.4) is 0 Å². The maximum absolute atomic E-state index is 13.3. The molecular formula is C25H21N3O5. The number of amides is 1. The van der Waals surface area contributed by atoms with Crippen LogP contribution in [0.5, 0.6) is 17.2 Å². The predicted molar refractivity (Wildman–Crippen MR) is 120 cm³/mol. The first-order valence-corrected chi connectivity index (χ1v) is 10.8. The third-order valence-corrected chi connectivity index (χ3v) is 6.29. The van der Waals surface area contributed by atoms with Crippen molar-refractivity contribution in [3.8, 4) is 17.2 Å². The molecule has 3 aliphatic heterocycles. The summed E-state index contributed by atoms with van der Waals surface area (Å²) < 4.78 is 13.9. The van der Waals surface area contributed by atoms with Crippen molar-refractivity contribution in [2.45, 2.75) is 12.6 Å². The number of fused-ring (bicyclic) bond motifs is 7. The zero-order valence-corrected chi connectivity index (χ0v) is 17.7. The largest absolute Gasteiger partial charge is 0.502 e. The first kappa shape index (κ1) is 19.5. The Kier molecular flexibility index (Phi) is 4.39. The van der Waals surface area contributed by atoms with Crippen LogP contribution in [0.1, 0.15) is 33.2 Å². The average Bonchev–Trinajstić information content (AvgIpc) is 3.01. The lowest BCUT2D eigenvalue weighted by atomic mass is 9.93. The van der Waals surface area contributed by atoms with Gasteiger partial charge in [0.2, 0.25) is 5.43 Å². The molecule has 8 nitrogen and oxygen atoms in total. The third kappa shape index (κ3) is 2.98. The molecule has 1 amide bonds. The minimum Gasteiger partial charge on any atom is -0.502 e. The number of pyridine rings is 1. The van der Waals surface area contributed by atoms with E-state index in [0.29, 0.717) is 19.8 Å². The van der Waals surface area contributed by atoms with E-state index in [1.165, 1.54) is 6.07 Å². The van der Waals surface area contributed by atoms with Crippen molar-refractivity contribution in [2.75, 3.05) is 24.8 Å². The minimum absolute atomic E-state index is 0.0519. The summed E-state index contributed by atoms with van der Waals surface area (Å²) in [5.74, 6) is 0.490. The Morgan fingerprint density at radius 1 is 0.939 bits per heavy atom. The molecular weight excluding hydrogens is 422 g/mol. The summed E-state index contributed by atoms with van der Waals surface area (Å²) in [5, 5.41) is 12.6. The van der Waals surface area contributed by atoms with E-state index in [9.17, 15) is 14.7 Å². The number of nitrogens with zero attached hydrogens (tertiary/aromatic N) is 3. The fourth-order valence-corrected chi connectivity index (χ4v) is 4.75. The molecule has 0 fully saturated rings. The maximum Gasteiger partial charge on any atom is 0.278 e. The highest BCUT2D eigenvalue weighted by Crippen LogP contribution is 2.44. The van der Waals surface area contributed by atoms with Gasteiger partial charge >= 0.3 is 0 Å². The molecule has 0 aliphatic carbocycles. The monoisotopic (exact) mass is 443 g/mol. The van der Waals surface area contributed by atoms with Crippen molar-refractivity contribution in [1.29, 1.82) is 0 Å². The SMILES string of the molecule is O=C1c2c(O)c(=O)ccn2N2CN1C/C=C\COc1cccc3c1[C@@H]2c1ccccc1OC3. The Morgan fingerprint density at radius 3 is 2.70 bits per heavy atom. The van der Waals surface area contributed by atoms with Crippen LogP contribution in [-0.2, 0) is 6.61 Å². The van der Waals surface area contributed by atoms with Crippen molar-refractivity contribution in [3.05, 3.63) is 99.5 Å². The predicted octanol–water partition coefficient (Wildman–Crippen LogP) is 2.54. The fourth-order valence-electron chi connectivity index (χ4n) is 4.75. The summed E-state index contributed by atoms with van der Waals surface area (Å²) in [6, 6.07) is 14.5. The van der Waals surface area contributed by atoms with E-state index in [1.807, 2.05) is 59.6 Å². The molecule has 2 aromatic carbocycles. The Morgan fingerprint density at radius 2 is 1.79 bits per heavy atom. The van der Waals surface area contributed by atoms with Gasteiger partial charge in [0.05, 0.1) is 0 Å². The molecule has 3 aliphatic rings. The number of benzene rings is 2. The number of aromatic hydroxyl groups is 1. The van der Waals surface area contributed by atoms with Gasteiger partial charge in [-0.3, -0.25) is 19.3 Å². The summed E-state index contributed by atoms with van der Waals surface area (Å²) >= 11 is 0. The number of para-hydroxylation sites is 1. The van der Waals surface area contributed by atoms with E-state index in [1.54, 1.807) is 15.8 Å². The molecule has 33 heavy (non-hydrogen) atoms. The van der Waals surface area contributed by atoms with Gasteiger partial charge in [0.1, 0.15) is 37.4 Å². The lowest BCUT2D eigenvalue weighted by Crippen LogP contribution is -2.55. The van der Waals surface area contributed by atoms with E-state index < -0.39 is 23.1 Å². The summed E-state index contributed by atoms with van der Waals surface area (Å²) in [6.07, 6.45) is 5.27. The molecule has 1 N–H and O–H groups in total. The van der Waals surface area contributed by atoms with Gasteiger partial charge in [-0.2, -0.15) is 0 Å². The van der Waals surface area contributed by atoms with Crippen molar-refractivity contribution < 1.29 is 19.4 Å². The molecule has 2 bridgehead atoms. The molecule has 166 valence electrons. The molecule has 1 aromatic heterocycles. The van der Waals surface area contributed by atoms with Crippen LogP contribution in [0, 0.1) is 0 Å². The summed E-state index contributed by atoms with van der Waals surface area (Å²) in [6.45, 7) is 1.28. The van der Waals surface area contributed by atoms with Crippen LogP contribution in [-0.4, -0.2) is 40.4 Å². The van der Waals surface area contributed by atoms with Gasteiger partial charge < -0.3 is 19.5 Å². The quantitative estimate of drug-likeness (QED) is 0.538. The fraction of sp³-hybridized carbons (Fsp3) is 0.200. The maximum atomic E-state index is 13.3.